The zero-order chi connectivity index (χ0) is 23.0. The maximum Gasteiger partial charge on any atom is 0.262 e. The van der Waals surface area contributed by atoms with E-state index in [2.05, 4.69) is 10.0 Å². The average molecular weight is 455 g/mol. The van der Waals surface area contributed by atoms with Gasteiger partial charge in [0.1, 0.15) is 5.75 Å². The third-order valence-electron chi connectivity index (χ3n) is 4.73. The van der Waals surface area contributed by atoms with Gasteiger partial charge in [-0.25, -0.2) is 8.42 Å². The molecule has 3 rings (SSSR count). The van der Waals surface area contributed by atoms with Crippen molar-refractivity contribution in [3.05, 3.63) is 89.5 Å². The maximum absolute atomic E-state index is 12.7. The molecule has 0 bridgehead atoms. The number of rotatable bonds is 10. The molecule has 0 saturated carbocycles. The number of para-hydroxylation sites is 2. The van der Waals surface area contributed by atoms with Crippen molar-refractivity contribution >= 4 is 21.6 Å². The molecule has 168 valence electrons. The van der Waals surface area contributed by atoms with Gasteiger partial charge in [0.05, 0.1) is 24.3 Å². The summed E-state index contributed by atoms with van der Waals surface area (Å²) >= 11 is 0. The predicted octanol–water partition coefficient (Wildman–Crippen LogP) is 3.96. The van der Waals surface area contributed by atoms with Gasteiger partial charge < -0.3 is 14.8 Å². The lowest BCUT2D eigenvalue weighted by molar-refractivity contribution is 0.0950. The average Bonchev–Trinajstić information content (AvgIpc) is 2.82. The van der Waals surface area contributed by atoms with Crippen molar-refractivity contribution in [2.45, 2.75) is 25.0 Å². The van der Waals surface area contributed by atoms with Gasteiger partial charge in [0, 0.05) is 18.7 Å². The van der Waals surface area contributed by atoms with Crippen LogP contribution in [0.5, 0.6) is 5.75 Å². The first-order valence-electron chi connectivity index (χ1n) is 10.1. The Morgan fingerprint density at radius 3 is 2.22 bits per heavy atom. The Hall–Kier alpha value is -3.36. The van der Waals surface area contributed by atoms with Crippen LogP contribution in [-0.2, 0) is 27.9 Å². The van der Waals surface area contributed by atoms with Crippen LogP contribution in [0.15, 0.2) is 77.7 Å². The number of benzene rings is 3. The molecular formula is C24H26N2O5S. The van der Waals surface area contributed by atoms with Crippen LogP contribution in [0.25, 0.3) is 0 Å². The summed E-state index contributed by atoms with van der Waals surface area (Å²) in [5, 5.41) is 2.84. The topological polar surface area (TPSA) is 93.7 Å². The highest BCUT2D eigenvalue weighted by Gasteiger charge is 2.17. The molecule has 0 fully saturated rings. The Bertz CT molecular complexity index is 1140. The number of amides is 1. The van der Waals surface area contributed by atoms with Crippen LogP contribution < -0.4 is 14.8 Å². The number of anilines is 1. The number of hydrogen-bond donors (Lipinski definition) is 2. The second-order valence-electron chi connectivity index (χ2n) is 6.97. The molecule has 0 heterocycles. The van der Waals surface area contributed by atoms with Crippen LogP contribution in [-0.4, -0.2) is 28.0 Å². The van der Waals surface area contributed by atoms with Crippen molar-refractivity contribution in [3.8, 4) is 5.75 Å². The van der Waals surface area contributed by atoms with Crippen molar-refractivity contribution in [2.75, 3.05) is 18.4 Å². The lowest BCUT2D eigenvalue weighted by Gasteiger charge is -2.12. The number of hydrogen-bond acceptors (Lipinski definition) is 5. The van der Waals surface area contributed by atoms with Crippen molar-refractivity contribution in [1.82, 2.24) is 5.32 Å². The van der Waals surface area contributed by atoms with Gasteiger partial charge >= 0.3 is 0 Å². The molecule has 0 atom stereocenters. The molecule has 2 N–H and O–H groups in total. The van der Waals surface area contributed by atoms with E-state index in [1.54, 1.807) is 24.3 Å². The van der Waals surface area contributed by atoms with E-state index >= 15 is 0 Å². The number of nitrogens with one attached hydrogen (secondary N) is 2. The molecule has 0 aliphatic heterocycles. The fraction of sp³-hybridized carbons (Fsp3) is 0.208. The summed E-state index contributed by atoms with van der Waals surface area (Å²) in [7, 11) is -2.36. The second-order valence-corrected chi connectivity index (χ2v) is 8.65. The van der Waals surface area contributed by atoms with E-state index in [-0.39, 0.29) is 10.8 Å². The van der Waals surface area contributed by atoms with Crippen LogP contribution in [0.1, 0.15) is 28.4 Å². The normalized spacial score (nSPS) is 11.1. The highest BCUT2D eigenvalue weighted by atomic mass is 32.2. The molecule has 0 radical (unpaired) electrons. The quantitative estimate of drug-likeness (QED) is 0.484. The Morgan fingerprint density at radius 1 is 0.906 bits per heavy atom. The predicted molar refractivity (Wildman–Crippen MR) is 123 cm³/mol. The second kappa shape index (κ2) is 10.8. The molecule has 0 saturated heterocycles. The monoisotopic (exact) mass is 454 g/mol. The number of methoxy groups -OCH3 is 1. The Morgan fingerprint density at radius 2 is 1.56 bits per heavy atom. The van der Waals surface area contributed by atoms with E-state index < -0.39 is 10.0 Å². The van der Waals surface area contributed by atoms with Crippen LogP contribution in [0.3, 0.4) is 0 Å². The van der Waals surface area contributed by atoms with Gasteiger partial charge in [0.25, 0.3) is 15.9 Å². The molecular weight excluding hydrogens is 428 g/mol. The Kier molecular flexibility index (Phi) is 7.86. The van der Waals surface area contributed by atoms with Crippen LogP contribution in [0, 0.1) is 0 Å². The molecule has 0 unspecified atom stereocenters. The molecule has 7 nitrogen and oxygen atoms in total. The van der Waals surface area contributed by atoms with Crippen molar-refractivity contribution in [1.29, 1.82) is 0 Å². The summed E-state index contributed by atoms with van der Waals surface area (Å²) < 4.78 is 38.4. The molecule has 0 aliphatic rings. The zero-order valence-electron chi connectivity index (χ0n) is 18.0. The Labute approximate surface area is 188 Å². The minimum absolute atomic E-state index is 0.0462. The highest BCUT2D eigenvalue weighted by molar-refractivity contribution is 7.92. The van der Waals surface area contributed by atoms with Gasteiger partial charge in [-0.3, -0.25) is 9.52 Å². The number of sulfonamides is 1. The van der Waals surface area contributed by atoms with E-state index in [0.29, 0.717) is 36.8 Å². The van der Waals surface area contributed by atoms with E-state index in [0.717, 1.165) is 11.1 Å². The molecule has 3 aromatic carbocycles. The van der Waals surface area contributed by atoms with Gasteiger partial charge in [-0.1, -0.05) is 36.4 Å². The van der Waals surface area contributed by atoms with Gasteiger partial charge in [0.15, 0.2) is 0 Å². The van der Waals surface area contributed by atoms with Crippen molar-refractivity contribution < 1.29 is 22.7 Å². The van der Waals surface area contributed by atoms with E-state index in [9.17, 15) is 13.2 Å². The zero-order valence-corrected chi connectivity index (χ0v) is 18.8. The molecule has 0 aliphatic carbocycles. The third kappa shape index (κ3) is 6.09. The molecule has 0 aromatic heterocycles. The SMILES string of the molecule is CCOCc1ccc(CNC(=O)c2ccc(S(=O)(=O)Nc3ccccc3OC)cc2)cc1. The molecule has 8 heteroatoms. The van der Waals surface area contributed by atoms with Gasteiger partial charge in [-0.2, -0.15) is 0 Å². The van der Waals surface area contributed by atoms with Crippen LogP contribution in [0.2, 0.25) is 0 Å². The van der Waals surface area contributed by atoms with Gasteiger partial charge in [0.2, 0.25) is 0 Å². The summed E-state index contributed by atoms with van der Waals surface area (Å²) in [6, 6.07) is 20.3. The number of carbonyl (C=O) groups excluding carboxylic acids is 1. The number of carbonyl (C=O) groups is 1. The summed E-state index contributed by atoms with van der Waals surface area (Å²) in [4.78, 5) is 12.5. The van der Waals surface area contributed by atoms with E-state index in [1.807, 2.05) is 31.2 Å². The number of ether oxygens (including phenoxy) is 2. The maximum atomic E-state index is 12.7. The molecule has 1 amide bonds. The third-order valence-corrected chi connectivity index (χ3v) is 6.11. The largest absolute Gasteiger partial charge is 0.495 e. The lowest BCUT2D eigenvalue weighted by Crippen LogP contribution is -2.23. The molecule has 32 heavy (non-hydrogen) atoms. The minimum atomic E-state index is -3.83. The summed E-state index contributed by atoms with van der Waals surface area (Å²) in [5.41, 5.74) is 2.73. The first-order valence-corrected chi connectivity index (χ1v) is 11.6. The summed E-state index contributed by atoms with van der Waals surface area (Å²) in [6.45, 7) is 3.53. The van der Waals surface area contributed by atoms with E-state index in [4.69, 9.17) is 9.47 Å². The highest BCUT2D eigenvalue weighted by Crippen LogP contribution is 2.26. The van der Waals surface area contributed by atoms with Gasteiger partial charge in [-0.05, 0) is 54.4 Å². The lowest BCUT2D eigenvalue weighted by atomic mass is 10.1. The fourth-order valence-electron chi connectivity index (χ4n) is 2.98. The first kappa shape index (κ1) is 23.3. The Balaban J connectivity index is 1.61. The molecule has 3 aromatic rings. The standard InChI is InChI=1S/C24H26N2O5S/c1-3-31-17-19-10-8-18(9-11-19)16-25-24(27)20-12-14-21(15-13-20)32(28,29)26-22-6-4-5-7-23(22)30-2/h4-15,26H,3,16-17H2,1-2H3,(H,25,27). The molecule has 0 spiro atoms. The van der Waals surface area contributed by atoms with Crippen LogP contribution in [0.4, 0.5) is 5.69 Å². The fourth-order valence-corrected chi connectivity index (χ4v) is 4.05. The minimum Gasteiger partial charge on any atom is -0.495 e. The summed E-state index contributed by atoms with van der Waals surface area (Å²) in [6.07, 6.45) is 0. The van der Waals surface area contributed by atoms with Gasteiger partial charge in [-0.15, -0.1) is 0 Å². The van der Waals surface area contributed by atoms with Crippen LogP contribution >= 0.6 is 0 Å². The first-order chi connectivity index (χ1) is 15.4. The van der Waals surface area contributed by atoms with E-state index in [1.165, 1.54) is 31.4 Å². The summed E-state index contributed by atoms with van der Waals surface area (Å²) in [5.74, 6) is 0.128. The van der Waals surface area contributed by atoms with Crippen molar-refractivity contribution in [2.24, 2.45) is 0 Å². The smallest absolute Gasteiger partial charge is 0.262 e. The van der Waals surface area contributed by atoms with Crippen molar-refractivity contribution in [3.63, 3.8) is 0 Å².